The van der Waals surface area contributed by atoms with Crippen LogP contribution >= 0.6 is 11.8 Å². The largest absolute Gasteiger partial charge is 0.481 e. The van der Waals surface area contributed by atoms with Crippen molar-refractivity contribution in [2.45, 2.75) is 18.5 Å². The molecule has 1 rings (SSSR count). The van der Waals surface area contributed by atoms with Gasteiger partial charge < -0.3 is 4.74 Å². The molecule has 19 heavy (non-hydrogen) atoms. The van der Waals surface area contributed by atoms with Gasteiger partial charge in [-0.1, -0.05) is 18.7 Å². The van der Waals surface area contributed by atoms with Gasteiger partial charge in [0.05, 0.1) is 13.3 Å². The Morgan fingerprint density at radius 3 is 2.89 bits per heavy atom. The van der Waals surface area contributed by atoms with Crippen LogP contribution in [-0.2, 0) is 4.74 Å². The monoisotopic (exact) mass is 279 g/mol. The van der Waals surface area contributed by atoms with Crippen LogP contribution in [0.15, 0.2) is 33.3 Å². The number of hydrogen-bond acceptors (Lipinski definition) is 7. The fourth-order valence-corrected chi connectivity index (χ4v) is 1.56. The van der Waals surface area contributed by atoms with Crippen molar-refractivity contribution in [2.75, 3.05) is 20.4 Å². The van der Waals surface area contributed by atoms with E-state index in [1.807, 2.05) is 19.3 Å². The second-order valence-corrected chi connectivity index (χ2v) is 4.14. The first-order valence-corrected chi connectivity index (χ1v) is 6.96. The molecule has 102 valence electrons. The van der Waals surface area contributed by atoms with E-state index in [0.717, 1.165) is 6.42 Å². The second kappa shape index (κ2) is 8.36. The van der Waals surface area contributed by atoms with Gasteiger partial charge in [-0.2, -0.15) is 5.10 Å². The van der Waals surface area contributed by atoms with Gasteiger partial charge in [-0.25, -0.2) is 9.98 Å². The average Bonchev–Trinajstić information content (AvgIpc) is 2.46. The van der Waals surface area contributed by atoms with Crippen molar-refractivity contribution in [1.29, 1.82) is 0 Å². The third kappa shape index (κ3) is 4.78. The summed E-state index contributed by atoms with van der Waals surface area (Å²) in [7, 11) is 3.26. The molecule has 0 aliphatic rings. The molecular formula is C12H17N5OS. The van der Waals surface area contributed by atoms with E-state index in [1.165, 1.54) is 11.8 Å². The van der Waals surface area contributed by atoms with E-state index in [0.29, 0.717) is 22.4 Å². The first-order chi connectivity index (χ1) is 9.24. The van der Waals surface area contributed by atoms with Gasteiger partial charge in [0.15, 0.2) is 0 Å². The van der Waals surface area contributed by atoms with Crippen molar-refractivity contribution >= 4 is 23.7 Å². The highest BCUT2D eigenvalue weighted by atomic mass is 32.2. The summed E-state index contributed by atoms with van der Waals surface area (Å²) in [5.74, 6) is 0.529. The summed E-state index contributed by atoms with van der Waals surface area (Å²) in [5, 5.41) is 8.39. The average molecular weight is 279 g/mol. The van der Waals surface area contributed by atoms with Crippen LogP contribution in [0.3, 0.4) is 0 Å². The zero-order valence-electron chi connectivity index (χ0n) is 11.5. The van der Waals surface area contributed by atoms with Crippen molar-refractivity contribution in [3.05, 3.63) is 23.8 Å². The molecule has 0 unspecified atom stereocenters. The maximum atomic E-state index is 5.19. The minimum atomic E-state index is 0.529. The Kier molecular flexibility index (Phi) is 6.73. The lowest BCUT2D eigenvalue weighted by molar-refractivity contribution is 0.287. The van der Waals surface area contributed by atoms with Crippen molar-refractivity contribution in [2.24, 2.45) is 9.98 Å². The topological polar surface area (TPSA) is 72.6 Å². The maximum Gasteiger partial charge on any atom is 0.209 e. The molecule has 0 saturated heterocycles. The number of methoxy groups -OCH3 is 1. The Morgan fingerprint density at radius 2 is 2.32 bits per heavy atom. The van der Waals surface area contributed by atoms with E-state index in [-0.39, 0.29) is 0 Å². The molecule has 0 radical (unpaired) electrons. The molecule has 0 fully saturated rings. The van der Waals surface area contributed by atoms with Crippen molar-refractivity contribution in [1.82, 2.24) is 15.2 Å². The van der Waals surface area contributed by atoms with Crippen LogP contribution in [0.5, 0.6) is 0 Å². The quantitative estimate of drug-likeness (QED) is 0.452. The van der Waals surface area contributed by atoms with Gasteiger partial charge in [-0.05, 0) is 18.8 Å². The molecule has 6 nitrogen and oxygen atoms in total. The van der Waals surface area contributed by atoms with E-state index in [2.05, 4.69) is 25.2 Å². The van der Waals surface area contributed by atoms with Gasteiger partial charge in [-0.15, -0.1) is 5.10 Å². The highest BCUT2D eigenvalue weighted by Gasteiger charge is 2.07. The number of hydrogen-bond donors (Lipinski definition) is 0. The van der Waals surface area contributed by atoms with Crippen molar-refractivity contribution in [3.63, 3.8) is 0 Å². The number of aromatic nitrogens is 3. The van der Waals surface area contributed by atoms with Crippen LogP contribution in [0.25, 0.3) is 0 Å². The highest BCUT2D eigenvalue weighted by molar-refractivity contribution is 7.98. The summed E-state index contributed by atoms with van der Waals surface area (Å²) in [6.45, 7) is 2.01. The van der Waals surface area contributed by atoms with Crippen molar-refractivity contribution in [3.8, 4) is 0 Å². The number of ether oxygens (including phenoxy) is 1. The van der Waals surface area contributed by atoms with Crippen LogP contribution in [0.4, 0.5) is 0 Å². The molecule has 1 aromatic rings. The minimum Gasteiger partial charge on any atom is -0.481 e. The van der Waals surface area contributed by atoms with Crippen LogP contribution in [0, 0.1) is 0 Å². The number of aliphatic imine (C=N–C) groups is 2. The summed E-state index contributed by atoms with van der Waals surface area (Å²) in [6, 6.07) is 0. The van der Waals surface area contributed by atoms with Crippen LogP contribution < -0.4 is 0 Å². The third-order valence-corrected chi connectivity index (χ3v) is 2.59. The Balaban J connectivity index is 3.19. The van der Waals surface area contributed by atoms with Gasteiger partial charge in [0, 0.05) is 13.3 Å². The van der Waals surface area contributed by atoms with Crippen LogP contribution in [0.1, 0.15) is 19.0 Å². The van der Waals surface area contributed by atoms with Gasteiger partial charge in [0.25, 0.3) is 0 Å². The van der Waals surface area contributed by atoms with E-state index in [9.17, 15) is 0 Å². The first-order valence-electron chi connectivity index (χ1n) is 5.74. The van der Waals surface area contributed by atoms with E-state index in [1.54, 1.807) is 26.6 Å². The van der Waals surface area contributed by atoms with Gasteiger partial charge >= 0.3 is 0 Å². The standard InChI is InChI=1S/C12H17N5OS/c1-5-6-11(18-3)15-9(7-13-2)10-8-14-17-12(16-10)19-4/h6-8H,5H2,1-4H3/b11-6-,13-7?,15-9+. The molecule has 0 saturated carbocycles. The molecule has 1 heterocycles. The number of rotatable bonds is 6. The lowest BCUT2D eigenvalue weighted by Crippen LogP contribution is -2.09. The molecule has 0 spiro atoms. The molecule has 0 aliphatic carbocycles. The van der Waals surface area contributed by atoms with Gasteiger partial charge in [0.1, 0.15) is 11.4 Å². The Morgan fingerprint density at radius 1 is 1.53 bits per heavy atom. The summed E-state index contributed by atoms with van der Waals surface area (Å²) >= 11 is 1.42. The lowest BCUT2D eigenvalue weighted by atomic mass is 10.3. The maximum absolute atomic E-state index is 5.19. The molecule has 0 bridgehead atoms. The molecule has 1 aromatic heterocycles. The summed E-state index contributed by atoms with van der Waals surface area (Å²) < 4.78 is 5.19. The predicted octanol–water partition coefficient (Wildman–Crippen LogP) is 1.98. The molecule has 0 atom stereocenters. The Hall–Kier alpha value is -1.76. The zero-order valence-corrected chi connectivity index (χ0v) is 12.3. The van der Waals surface area contributed by atoms with E-state index in [4.69, 9.17) is 4.74 Å². The third-order valence-electron chi connectivity index (χ3n) is 2.05. The highest BCUT2D eigenvalue weighted by Crippen LogP contribution is 2.08. The van der Waals surface area contributed by atoms with Crippen LogP contribution in [-0.4, -0.2) is 47.5 Å². The second-order valence-electron chi connectivity index (χ2n) is 3.37. The summed E-state index contributed by atoms with van der Waals surface area (Å²) in [4.78, 5) is 12.7. The SMILES string of the molecule is CC/C=C(/N=C(\C=NC)c1cnnc(SC)n1)OC. The molecule has 0 N–H and O–H groups in total. The first kappa shape index (κ1) is 15.3. The van der Waals surface area contributed by atoms with E-state index < -0.39 is 0 Å². The molecular weight excluding hydrogens is 262 g/mol. The molecule has 0 amide bonds. The minimum absolute atomic E-state index is 0.529. The molecule has 7 heteroatoms. The normalized spacial score (nSPS) is 13.1. The smallest absolute Gasteiger partial charge is 0.209 e. The van der Waals surface area contributed by atoms with Crippen molar-refractivity contribution < 1.29 is 4.74 Å². The van der Waals surface area contributed by atoms with Gasteiger partial charge in [0.2, 0.25) is 11.0 Å². The predicted molar refractivity (Wildman–Crippen MR) is 77.9 cm³/mol. The van der Waals surface area contributed by atoms with Crippen LogP contribution in [0.2, 0.25) is 0 Å². The number of thioether (sulfide) groups is 1. The fourth-order valence-electron chi connectivity index (χ4n) is 1.24. The summed E-state index contributed by atoms with van der Waals surface area (Å²) in [5.41, 5.74) is 1.21. The Bertz CT molecular complexity index is 499. The van der Waals surface area contributed by atoms with Gasteiger partial charge in [-0.3, -0.25) is 4.99 Å². The number of allylic oxidation sites excluding steroid dienone is 1. The number of nitrogens with zero attached hydrogens (tertiary/aromatic N) is 5. The Labute approximate surface area is 117 Å². The zero-order chi connectivity index (χ0) is 14.1. The molecule has 0 aromatic carbocycles. The molecule has 0 aliphatic heterocycles. The summed E-state index contributed by atoms with van der Waals surface area (Å²) in [6.07, 6.45) is 7.79. The fraction of sp³-hybridized carbons (Fsp3) is 0.417. The van der Waals surface area contributed by atoms with E-state index >= 15 is 0 Å². The lowest BCUT2D eigenvalue weighted by Gasteiger charge is -2.03.